The molecule has 2 aromatic carbocycles. The summed E-state index contributed by atoms with van der Waals surface area (Å²) in [5.41, 5.74) is 1.95. The first-order valence-electron chi connectivity index (χ1n) is 8.66. The van der Waals surface area contributed by atoms with Crippen molar-refractivity contribution < 1.29 is 10.4 Å². The second-order valence-electron chi connectivity index (χ2n) is 7.48. The topological polar surface area (TPSA) is 36.8 Å². The summed E-state index contributed by atoms with van der Waals surface area (Å²) < 4.78 is 0. The van der Waals surface area contributed by atoms with Gasteiger partial charge in [0.25, 0.3) is 0 Å². The predicted molar refractivity (Wildman–Crippen MR) is 93.9 cm³/mol. The van der Waals surface area contributed by atoms with E-state index >= 15 is 0 Å². The van der Waals surface area contributed by atoms with Crippen LogP contribution >= 0.6 is 0 Å². The Kier molecular flexibility index (Phi) is 4.56. The van der Waals surface area contributed by atoms with E-state index in [4.69, 9.17) is 0 Å². The molecule has 0 saturated carbocycles. The number of hydrogen-bond donors (Lipinski definition) is 2. The van der Waals surface area contributed by atoms with E-state index in [1.165, 1.54) is 11.1 Å². The van der Waals surface area contributed by atoms with Crippen molar-refractivity contribution in [2.75, 3.05) is 0 Å². The van der Waals surface area contributed by atoms with E-state index in [2.05, 4.69) is 79.8 Å². The zero-order valence-electron chi connectivity index (χ0n) is 14.3. The standard InChI is InChI=1S/C21H27NO/c1-15(2)19-20(17-12-8-5-9-13-17)22-18(14-21(19,3)23)16-10-6-4-7-11-16/h4-13,15,18-20,22-23H,14H2,1-3H3/p+1/t18-,19+,20-,21+/m0/s1. The summed E-state index contributed by atoms with van der Waals surface area (Å²) >= 11 is 0. The van der Waals surface area contributed by atoms with Gasteiger partial charge in [0.2, 0.25) is 0 Å². The highest BCUT2D eigenvalue weighted by molar-refractivity contribution is 5.22. The van der Waals surface area contributed by atoms with Gasteiger partial charge in [0, 0.05) is 23.5 Å². The molecule has 1 heterocycles. The molecule has 0 amide bonds. The van der Waals surface area contributed by atoms with Gasteiger partial charge in [0.05, 0.1) is 5.60 Å². The van der Waals surface area contributed by atoms with E-state index in [1.54, 1.807) is 0 Å². The van der Waals surface area contributed by atoms with Crippen LogP contribution in [0.5, 0.6) is 0 Å². The highest BCUT2D eigenvalue weighted by atomic mass is 16.3. The average Bonchev–Trinajstić information content (AvgIpc) is 2.54. The van der Waals surface area contributed by atoms with Crippen molar-refractivity contribution in [2.24, 2.45) is 11.8 Å². The molecule has 4 atom stereocenters. The van der Waals surface area contributed by atoms with Gasteiger partial charge in [-0.3, -0.25) is 0 Å². The Labute approximate surface area is 139 Å². The second kappa shape index (κ2) is 6.46. The fourth-order valence-electron chi connectivity index (χ4n) is 4.46. The third-order valence-electron chi connectivity index (χ3n) is 5.31. The van der Waals surface area contributed by atoms with E-state index in [0.717, 1.165) is 6.42 Å². The van der Waals surface area contributed by atoms with Gasteiger partial charge in [-0.05, 0) is 12.8 Å². The highest BCUT2D eigenvalue weighted by Crippen LogP contribution is 2.42. The molecule has 1 saturated heterocycles. The minimum atomic E-state index is -0.663. The Morgan fingerprint density at radius 2 is 1.48 bits per heavy atom. The molecule has 1 aliphatic rings. The molecule has 2 nitrogen and oxygen atoms in total. The quantitative estimate of drug-likeness (QED) is 0.895. The van der Waals surface area contributed by atoms with E-state index in [0.29, 0.717) is 12.0 Å². The van der Waals surface area contributed by atoms with Crippen molar-refractivity contribution in [1.29, 1.82) is 0 Å². The fourth-order valence-corrected chi connectivity index (χ4v) is 4.46. The molecule has 0 unspecified atom stereocenters. The van der Waals surface area contributed by atoms with Gasteiger partial charge in [-0.1, -0.05) is 74.5 Å². The molecular weight excluding hydrogens is 282 g/mol. The lowest BCUT2D eigenvalue weighted by atomic mass is 9.67. The van der Waals surface area contributed by atoms with Crippen molar-refractivity contribution in [3.63, 3.8) is 0 Å². The van der Waals surface area contributed by atoms with Crippen molar-refractivity contribution in [1.82, 2.24) is 0 Å². The molecule has 0 bridgehead atoms. The Balaban J connectivity index is 1.99. The van der Waals surface area contributed by atoms with Gasteiger partial charge in [-0.25, -0.2) is 0 Å². The Morgan fingerprint density at radius 3 is 2.00 bits per heavy atom. The smallest absolute Gasteiger partial charge is 0.118 e. The second-order valence-corrected chi connectivity index (χ2v) is 7.48. The Morgan fingerprint density at radius 1 is 0.957 bits per heavy atom. The van der Waals surface area contributed by atoms with Gasteiger partial charge in [0.1, 0.15) is 12.1 Å². The molecule has 3 rings (SSSR count). The van der Waals surface area contributed by atoms with Crippen molar-refractivity contribution >= 4 is 0 Å². The first kappa shape index (κ1) is 16.2. The van der Waals surface area contributed by atoms with Crippen LogP contribution in [-0.2, 0) is 0 Å². The molecule has 3 N–H and O–H groups in total. The summed E-state index contributed by atoms with van der Waals surface area (Å²) in [6.07, 6.45) is 0.795. The highest BCUT2D eigenvalue weighted by Gasteiger charge is 2.49. The van der Waals surface area contributed by atoms with Crippen molar-refractivity contribution in [2.45, 2.75) is 44.9 Å². The first-order chi connectivity index (χ1) is 11.0. The lowest BCUT2D eigenvalue weighted by Gasteiger charge is -2.46. The molecule has 2 heteroatoms. The summed E-state index contributed by atoms with van der Waals surface area (Å²) in [7, 11) is 0. The monoisotopic (exact) mass is 310 g/mol. The maximum absolute atomic E-state index is 11.2. The zero-order valence-corrected chi connectivity index (χ0v) is 14.3. The third kappa shape index (κ3) is 3.34. The number of aliphatic hydroxyl groups is 1. The predicted octanol–water partition coefficient (Wildman–Crippen LogP) is 3.46. The Bertz CT molecular complexity index is 621. The minimum Gasteiger partial charge on any atom is -0.389 e. The molecule has 122 valence electrons. The molecule has 0 radical (unpaired) electrons. The Hall–Kier alpha value is -1.64. The van der Waals surface area contributed by atoms with Crippen molar-refractivity contribution in [3.8, 4) is 0 Å². The summed E-state index contributed by atoms with van der Waals surface area (Å²) in [4.78, 5) is 0. The van der Waals surface area contributed by atoms with Gasteiger partial charge < -0.3 is 10.4 Å². The number of rotatable bonds is 3. The van der Waals surface area contributed by atoms with Crippen LogP contribution < -0.4 is 5.32 Å². The zero-order chi connectivity index (χ0) is 16.4. The lowest BCUT2D eigenvalue weighted by molar-refractivity contribution is -0.758. The van der Waals surface area contributed by atoms with Gasteiger partial charge in [-0.15, -0.1) is 0 Å². The summed E-state index contributed by atoms with van der Waals surface area (Å²) in [6.45, 7) is 6.48. The summed E-state index contributed by atoms with van der Waals surface area (Å²) in [6, 6.07) is 21.8. The lowest BCUT2D eigenvalue weighted by Crippen LogP contribution is -2.91. The third-order valence-corrected chi connectivity index (χ3v) is 5.31. The first-order valence-corrected chi connectivity index (χ1v) is 8.66. The van der Waals surface area contributed by atoms with Crippen LogP contribution in [0.3, 0.4) is 0 Å². The van der Waals surface area contributed by atoms with Gasteiger partial charge >= 0.3 is 0 Å². The molecule has 1 fully saturated rings. The van der Waals surface area contributed by atoms with Crippen LogP contribution in [0.4, 0.5) is 0 Å². The van der Waals surface area contributed by atoms with Crippen LogP contribution in [-0.4, -0.2) is 10.7 Å². The SMILES string of the molecule is CC(C)[C@@H]1[C@H](c2ccccc2)[NH2+][C@H](c2ccccc2)C[C@@]1(C)O. The molecule has 0 aliphatic carbocycles. The van der Waals surface area contributed by atoms with Crippen LogP contribution in [0.15, 0.2) is 60.7 Å². The van der Waals surface area contributed by atoms with Crippen LogP contribution in [0.2, 0.25) is 0 Å². The number of hydrogen-bond acceptors (Lipinski definition) is 1. The van der Waals surface area contributed by atoms with E-state index in [-0.39, 0.29) is 12.0 Å². The molecular formula is C21H28NO+. The van der Waals surface area contributed by atoms with Crippen LogP contribution in [0.1, 0.15) is 50.4 Å². The maximum Gasteiger partial charge on any atom is 0.118 e. The van der Waals surface area contributed by atoms with E-state index in [9.17, 15) is 5.11 Å². The molecule has 0 aromatic heterocycles. The van der Waals surface area contributed by atoms with Gasteiger partial charge in [-0.2, -0.15) is 0 Å². The van der Waals surface area contributed by atoms with Crippen LogP contribution in [0, 0.1) is 11.8 Å². The van der Waals surface area contributed by atoms with E-state index < -0.39 is 5.60 Å². The number of nitrogens with two attached hydrogens (primary N) is 1. The summed E-state index contributed by atoms with van der Waals surface area (Å²) in [5, 5.41) is 13.7. The summed E-state index contributed by atoms with van der Waals surface area (Å²) in [5.74, 6) is 0.674. The fraction of sp³-hybridized carbons (Fsp3) is 0.429. The molecule has 23 heavy (non-hydrogen) atoms. The molecule has 1 aliphatic heterocycles. The number of piperidine rings is 1. The van der Waals surface area contributed by atoms with E-state index in [1.807, 2.05) is 6.92 Å². The molecule has 2 aromatic rings. The normalized spacial score (nSPS) is 31.3. The minimum absolute atomic E-state index is 0.241. The maximum atomic E-state index is 11.2. The number of benzene rings is 2. The molecule has 0 spiro atoms. The van der Waals surface area contributed by atoms with Gasteiger partial charge in [0.15, 0.2) is 0 Å². The average molecular weight is 310 g/mol. The van der Waals surface area contributed by atoms with Crippen molar-refractivity contribution in [3.05, 3.63) is 71.8 Å². The largest absolute Gasteiger partial charge is 0.389 e. The number of quaternary nitrogens is 1. The van der Waals surface area contributed by atoms with Crippen LogP contribution in [0.25, 0.3) is 0 Å².